The van der Waals surface area contributed by atoms with Gasteiger partial charge < -0.3 is 4.74 Å². The van der Waals surface area contributed by atoms with Crippen LogP contribution in [0.4, 0.5) is 0 Å². The molecule has 0 aliphatic carbocycles. The highest BCUT2D eigenvalue weighted by Crippen LogP contribution is 2.17. The van der Waals surface area contributed by atoms with Crippen LogP contribution in [0.1, 0.15) is 52.9 Å². The molecule has 2 unspecified atom stereocenters. The van der Waals surface area contributed by atoms with E-state index in [9.17, 15) is 0 Å². The van der Waals surface area contributed by atoms with E-state index < -0.39 is 0 Å². The largest absolute Gasteiger partial charge is 0.370 e. The predicted octanol–water partition coefficient (Wildman–Crippen LogP) is 3.83. The van der Waals surface area contributed by atoms with Crippen LogP contribution in [0.15, 0.2) is 12.2 Å². The van der Waals surface area contributed by atoms with Crippen molar-refractivity contribution < 1.29 is 4.74 Å². The zero-order valence-electron chi connectivity index (χ0n) is 10.3. The van der Waals surface area contributed by atoms with E-state index >= 15 is 0 Å². The Morgan fingerprint density at radius 3 is 2.60 bits per heavy atom. The normalized spacial score (nSPS) is 14.3. The van der Waals surface area contributed by atoms with Crippen LogP contribution in [0.5, 0.6) is 0 Å². The zero-order chi connectivity index (χ0) is 11.7. The molecular weight excluding hydrogens is 186 g/mol. The summed E-state index contributed by atoms with van der Waals surface area (Å²) in [4.78, 5) is 0. The minimum atomic E-state index is 0.0123. The van der Waals surface area contributed by atoms with Crippen molar-refractivity contribution in [3.8, 4) is 6.07 Å². The van der Waals surface area contributed by atoms with Crippen molar-refractivity contribution in [3.05, 3.63) is 12.2 Å². The van der Waals surface area contributed by atoms with Crippen LogP contribution in [-0.2, 0) is 4.74 Å². The Morgan fingerprint density at radius 2 is 2.13 bits per heavy atom. The number of hydrogen-bond donors (Lipinski definition) is 0. The lowest BCUT2D eigenvalue weighted by Crippen LogP contribution is -2.20. The summed E-state index contributed by atoms with van der Waals surface area (Å²) in [6.07, 6.45) is 4.93. The standard InChI is InChI=1S/C13H23NO/c1-5-7-8-11(3)13(6-2)15-12(4)9-10-14/h12-13H,3,5-9H2,1-2,4H3. The molecule has 0 aromatic heterocycles. The fraction of sp³-hybridized carbons (Fsp3) is 0.769. The lowest BCUT2D eigenvalue weighted by molar-refractivity contribution is 0.0176. The summed E-state index contributed by atoms with van der Waals surface area (Å²) in [5.41, 5.74) is 1.17. The van der Waals surface area contributed by atoms with Crippen molar-refractivity contribution in [1.82, 2.24) is 0 Å². The summed E-state index contributed by atoms with van der Waals surface area (Å²) < 4.78 is 5.78. The Bertz CT molecular complexity index is 217. The SMILES string of the molecule is C=C(CCCC)C(CC)OC(C)CC#N. The molecule has 0 spiro atoms. The van der Waals surface area contributed by atoms with Gasteiger partial charge in [0.2, 0.25) is 0 Å². The number of nitriles is 1. The van der Waals surface area contributed by atoms with Gasteiger partial charge in [0.15, 0.2) is 0 Å². The van der Waals surface area contributed by atoms with Crippen molar-refractivity contribution in [2.24, 2.45) is 0 Å². The summed E-state index contributed by atoms with van der Waals surface area (Å²) in [5, 5.41) is 8.55. The molecule has 0 aromatic carbocycles. The lowest BCUT2D eigenvalue weighted by atomic mass is 10.0. The summed E-state index contributed by atoms with van der Waals surface area (Å²) in [7, 11) is 0. The van der Waals surface area contributed by atoms with Gasteiger partial charge in [-0.1, -0.05) is 26.8 Å². The molecule has 2 atom stereocenters. The maximum absolute atomic E-state index is 8.55. The highest BCUT2D eigenvalue weighted by Gasteiger charge is 2.14. The molecule has 0 bridgehead atoms. The molecule has 0 N–H and O–H groups in total. The zero-order valence-corrected chi connectivity index (χ0v) is 10.3. The van der Waals surface area contributed by atoms with Gasteiger partial charge in [0, 0.05) is 0 Å². The molecule has 0 saturated carbocycles. The second-order valence-electron chi connectivity index (χ2n) is 3.97. The predicted molar refractivity (Wildman–Crippen MR) is 63.5 cm³/mol. The third kappa shape index (κ3) is 6.30. The van der Waals surface area contributed by atoms with Gasteiger partial charge in [-0.25, -0.2) is 0 Å². The van der Waals surface area contributed by atoms with Crippen LogP contribution < -0.4 is 0 Å². The molecule has 15 heavy (non-hydrogen) atoms. The number of ether oxygens (including phenoxy) is 1. The van der Waals surface area contributed by atoms with Crippen LogP contribution in [0.2, 0.25) is 0 Å². The highest BCUT2D eigenvalue weighted by molar-refractivity contribution is 5.02. The molecule has 0 fully saturated rings. The Morgan fingerprint density at radius 1 is 1.47 bits per heavy atom. The first-order chi connectivity index (χ1) is 7.15. The van der Waals surface area contributed by atoms with Gasteiger partial charge in [-0.15, -0.1) is 0 Å². The van der Waals surface area contributed by atoms with Gasteiger partial charge in [0.05, 0.1) is 24.7 Å². The van der Waals surface area contributed by atoms with E-state index in [0.29, 0.717) is 6.42 Å². The Labute approximate surface area is 93.9 Å². The Kier molecular flexibility index (Phi) is 8.04. The highest BCUT2D eigenvalue weighted by atomic mass is 16.5. The topological polar surface area (TPSA) is 33.0 Å². The van der Waals surface area contributed by atoms with Crippen LogP contribution >= 0.6 is 0 Å². The molecule has 0 aromatic rings. The average Bonchev–Trinajstić information content (AvgIpc) is 2.22. The summed E-state index contributed by atoms with van der Waals surface area (Å²) in [6.45, 7) is 10.3. The first-order valence-corrected chi connectivity index (χ1v) is 5.85. The maximum Gasteiger partial charge on any atom is 0.0783 e. The first-order valence-electron chi connectivity index (χ1n) is 5.85. The second kappa shape index (κ2) is 8.49. The molecule has 2 nitrogen and oxygen atoms in total. The van der Waals surface area contributed by atoms with Gasteiger partial charge >= 0.3 is 0 Å². The fourth-order valence-electron chi connectivity index (χ4n) is 1.50. The summed E-state index contributed by atoms with van der Waals surface area (Å²) in [6, 6.07) is 2.12. The number of rotatable bonds is 8. The molecule has 0 radical (unpaired) electrons. The van der Waals surface area contributed by atoms with Gasteiger partial charge in [0.1, 0.15) is 0 Å². The van der Waals surface area contributed by atoms with E-state index in [1.54, 1.807) is 0 Å². The number of nitrogens with zero attached hydrogens (tertiary/aromatic N) is 1. The lowest BCUT2D eigenvalue weighted by Gasteiger charge is -2.22. The summed E-state index contributed by atoms with van der Waals surface area (Å²) in [5.74, 6) is 0. The van der Waals surface area contributed by atoms with Crippen molar-refractivity contribution in [2.75, 3.05) is 0 Å². The molecule has 0 saturated heterocycles. The first kappa shape index (κ1) is 14.2. The molecule has 86 valence electrons. The van der Waals surface area contributed by atoms with Crippen LogP contribution in [0.25, 0.3) is 0 Å². The molecular formula is C13H23NO. The number of unbranched alkanes of at least 4 members (excludes halogenated alkanes) is 1. The summed E-state index contributed by atoms with van der Waals surface area (Å²) >= 11 is 0. The van der Waals surface area contributed by atoms with Gasteiger partial charge in [-0.05, 0) is 31.8 Å². The van der Waals surface area contributed by atoms with Crippen molar-refractivity contribution >= 4 is 0 Å². The Hall–Kier alpha value is -0.810. The van der Waals surface area contributed by atoms with Crippen LogP contribution in [-0.4, -0.2) is 12.2 Å². The van der Waals surface area contributed by atoms with Crippen molar-refractivity contribution in [1.29, 1.82) is 5.26 Å². The minimum absolute atomic E-state index is 0.0123. The van der Waals surface area contributed by atoms with Gasteiger partial charge in [-0.2, -0.15) is 5.26 Å². The van der Waals surface area contributed by atoms with E-state index in [4.69, 9.17) is 10.00 Å². The smallest absolute Gasteiger partial charge is 0.0783 e. The molecule has 0 amide bonds. The second-order valence-corrected chi connectivity index (χ2v) is 3.97. The molecule has 0 aliphatic heterocycles. The van der Waals surface area contributed by atoms with Crippen LogP contribution in [0, 0.1) is 11.3 Å². The number of hydrogen-bond acceptors (Lipinski definition) is 2. The van der Waals surface area contributed by atoms with Gasteiger partial charge in [-0.3, -0.25) is 0 Å². The third-order valence-electron chi connectivity index (χ3n) is 2.45. The van der Waals surface area contributed by atoms with E-state index in [0.717, 1.165) is 12.8 Å². The molecule has 0 rings (SSSR count). The van der Waals surface area contributed by atoms with E-state index in [2.05, 4.69) is 26.5 Å². The quantitative estimate of drug-likeness (QED) is 0.569. The fourth-order valence-corrected chi connectivity index (χ4v) is 1.50. The maximum atomic E-state index is 8.55. The molecule has 0 aliphatic rings. The van der Waals surface area contributed by atoms with E-state index in [1.165, 1.54) is 18.4 Å². The molecule has 2 heteroatoms. The minimum Gasteiger partial charge on any atom is -0.370 e. The van der Waals surface area contributed by atoms with E-state index in [1.807, 2.05) is 6.92 Å². The third-order valence-corrected chi connectivity index (χ3v) is 2.45. The van der Waals surface area contributed by atoms with Crippen molar-refractivity contribution in [3.63, 3.8) is 0 Å². The van der Waals surface area contributed by atoms with Crippen LogP contribution in [0.3, 0.4) is 0 Å². The molecule has 0 heterocycles. The van der Waals surface area contributed by atoms with Crippen molar-refractivity contribution in [2.45, 2.75) is 65.1 Å². The van der Waals surface area contributed by atoms with Gasteiger partial charge in [0.25, 0.3) is 0 Å². The Balaban J connectivity index is 4.01. The average molecular weight is 209 g/mol. The van der Waals surface area contributed by atoms with E-state index in [-0.39, 0.29) is 12.2 Å². The monoisotopic (exact) mass is 209 g/mol.